The SMILES string of the molecule is CC(C)(C)OC(=O)C1O[C@@H](Oc2ccc(C[C@H](c3ccc(C(C)(C)O)nc3)c3ccc(C(O)(F)F)c(OC4CC4)c3)cn2)[C@H](O)C(O)[C@@H]1O. The van der Waals surface area contributed by atoms with Crippen molar-refractivity contribution in [1.29, 1.82) is 0 Å². The summed E-state index contributed by atoms with van der Waals surface area (Å²) < 4.78 is 50.4. The molecule has 1 aromatic carbocycles. The highest BCUT2D eigenvalue weighted by Crippen LogP contribution is 2.40. The van der Waals surface area contributed by atoms with E-state index in [4.69, 9.17) is 18.9 Å². The van der Waals surface area contributed by atoms with Crippen LogP contribution in [0.3, 0.4) is 0 Å². The third-order valence-corrected chi connectivity index (χ3v) is 8.05. The van der Waals surface area contributed by atoms with Crippen LogP contribution >= 0.6 is 0 Å². The van der Waals surface area contributed by atoms with Gasteiger partial charge in [0.05, 0.1) is 17.4 Å². The van der Waals surface area contributed by atoms with Gasteiger partial charge in [-0.25, -0.2) is 9.78 Å². The Hall–Kier alpha value is -3.79. The zero-order chi connectivity index (χ0) is 35.9. The zero-order valence-electron chi connectivity index (χ0n) is 27.8. The number of aromatic nitrogens is 2. The third kappa shape index (κ3) is 9.07. The summed E-state index contributed by atoms with van der Waals surface area (Å²) in [6.45, 7) is 8.09. The number of aliphatic hydroxyl groups excluding tert-OH is 3. The van der Waals surface area contributed by atoms with Crippen molar-refractivity contribution in [2.45, 2.75) is 114 Å². The van der Waals surface area contributed by atoms with E-state index in [1.165, 1.54) is 24.4 Å². The van der Waals surface area contributed by atoms with Gasteiger partial charge in [0.25, 0.3) is 0 Å². The molecule has 0 bridgehead atoms. The molecule has 3 heterocycles. The van der Waals surface area contributed by atoms with Crippen LogP contribution in [0.2, 0.25) is 0 Å². The van der Waals surface area contributed by atoms with E-state index >= 15 is 0 Å². The zero-order valence-corrected chi connectivity index (χ0v) is 27.8. The van der Waals surface area contributed by atoms with Crippen molar-refractivity contribution in [3.8, 4) is 11.6 Å². The van der Waals surface area contributed by atoms with E-state index < -0.39 is 65.5 Å². The topological polar surface area (TPSA) is 181 Å². The van der Waals surface area contributed by atoms with Gasteiger partial charge >= 0.3 is 12.1 Å². The molecule has 14 heteroatoms. The van der Waals surface area contributed by atoms with Crippen LogP contribution in [0.5, 0.6) is 11.6 Å². The van der Waals surface area contributed by atoms with Gasteiger partial charge in [-0.3, -0.25) is 4.98 Å². The lowest BCUT2D eigenvalue weighted by Crippen LogP contribution is -2.61. The Morgan fingerprint density at radius 2 is 1.59 bits per heavy atom. The van der Waals surface area contributed by atoms with Gasteiger partial charge in [-0.2, -0.15) is 8.78 Å². The molecule has 2 unspecified atom stereocenters. The fraction of sp³-hybridized carbons (Fsp3) is 0.514. The molecule has 2 fully saturated rings. The number of nitrogens with zero attached hydrogens (tertiary/aromatic N) is 2. The van der Waals surface area contributed by atoms with Crippen LogP contribution in [0.25, 0.3) is 0 Å². The lowest BCUT2D eigenvalue weighted by molar-refractivity contribution is -0.275. The van der Waals surface area contributed by atoms with E-state index in [0.29, 0.717) is 28.8 Å². The maximum Gasteiger partial charge on any atom is 0.384 e. The minimum Gasteiger partial charge on any atom is -0.490 e. The molecule has 49 heavy (non-hydrogen) atoms. The van der Waals surface area contributed by atoms with E-state index in [0.717, 1.165) is 18.9 Å². The lowest BCUT2D eigenvalue weighted by atomic mass is 9.86. The molecule has 0 radical (unpaired) electrons. The first-order valence-corrected chi connectivity index (χ1v) is 15.9. The molecule has 0 spiro atoms. The second-order valence-electron chi connectivity index (χ2n) is 14.0. The fourth-order valence-corrected chi connectivity index (χ4v) is 5.32. The first-order valence-electron chi connectivity index (χ1n) is 15.9. The highest BCUT2D eigenvalue weighted by Gasteiger charge is 2.49. The Morgan fingerprint density at radius 1 is 0.898 bits per heavy atom. The van der Waals surface area contributed by atoms with Gasteiger partial charge in [-0.1, -0.05) is 18.2 Å². The molecule has 12 nitrogen and oxygen atoms in total. The molecule has 2 aromatic heterocycles. The van der Waals surface area contributed by atoms with Crippen LogP contribution in [0.15, 0.2) is 54.9 Å². The Balaban J connectivity index is 1.40. The summed E-state index contributed by atoms with van der Waals surface area (Å²) in [4.78, 5) is 21.3. The molecule has 5 rings (SSSR count). The summed E-state index contributed by atoms with van der Waals surface area (Å²) in [7, 11) is 0. The molecule has 2 aliphatic rings. The van der Waals surface area contributed by atoms with Gasteiger partial charge in [-0.15, -0.1) is 0 Å². The number of esters is 1. The molecule has 6 atom stereocenters. The molecule has 1 saturated carbocycles. The summed E-state index contributed by atoms with van der Waals surface area (Å²) >= 11 is 0. The molecule has 1 aliphatic heterocycles. The molecular weight excluding hydrogens is 646 g/mol. The average Bonchev–Trinajstić information content (AvgIpc) is 3.83. The van der Waals surface area contributed by atoms with E-state index in [2.05, 4.69) is 9.97 Å². The smallest absolute Gasteiger partial charge is 0.384 e. The molecular formula is C35H42F2N2O10. The first kappa shape index (κ1) is 36.5. The number of aliphatic hydroxyl groups is 5. The number of halogens is 2. The predicted octanol–water partition coefficient (Wildman–Crippen LogP) is 3.19. The highest BCUT2D eigenvalue weighted by atomic mass is 19.3. The molecule has 3 aromatic rings. The van der Waals surface area contributed by atoms with Crippen molar-refractivity contribution in [3.63, 3.8) is 0 Å². The van der Waals surface area contributed by atoms with E-state index in [1.807, 2.05) is 0 Å². The van der Waals surface area contributed by atoms with Gasteiger partial charge in [-0.05, 0) is 88.8 Å². The Kier molecular flexibility index (Phi) is 10.3. The summed E-state index contributed by atoms with van der Waals surface area (Å²) in [5.74, 6) is -1.56. The van der Waals surface area contributed by atoms with E-state index in [-0.39, 0.29) is 17.7 Å². The summed E-state index contributed by atoms with van der Waals surface area (Å²) in [5.41, 5.74) is -0.321. The number of ether oxygens (including phenoxy) is 4. The maximum atomic E-state index is 14.1. The van der Waals surface area contributed by atoms with Gasteiger partial charge in [0, 0.05) is 24.4 Å². The van der Waals surface area contributed by atoms with Crippen LogP contribution < -0.4 is 9.47 Å². The van der Waals surface area contributed by atoms with Crippen molar-refractivity contribution in [3.05, 3.63) is 82.8 Å². The minimum atomic E-state index is -4.11. The van der Waals surface area contributed by atoms with Crippen molar-refractivity contribution in [1.82, 2.24) is 9.97 Å². The number of rotatable bonds is 11. The number of pyridine rings is 2. The monoisotopic (exact) mass is 688 g/mol. The summed E-state index contributed by atoms with van der Waals surface area (Å²) in [5, 5.41) is 51.2. The quantitative estimate of drug-likeness (QED) is 0.186. The predicted molar refractivity (Wildman–Crippen MR) is 169 cm³/mol. The highest BCUT2D eigenvalue weighted by molar-refractivity contribution is 5.76. The standard InChI is InChI=1S/C35H42F2N2O10/c1-33(2,3)49-31(43)30-28(41)27(40)29(42)32(48-30)47-26-13-6-18(16-39-26)14-22(20-8-12-25(38-17-20)34(4,5)44)19-7-11-23(35(36,37)45)24(15-19)46-21-9-10-21/h6-8,11-13,15-17,21-22,27-30,32,40-42,44-45H,9-10,14H2,1-5H3/t22-,27?,28-,29+,30?,32+/m0/s1. The van der Waals surface area contributed by atoms with Gasteiger partial charge < -0.3 is 44.5 Å². The normalized spacial score (nSPS) is 23.9. The van der Waals surface area contributed by atoms with E-state index in [9.17, 15) is 39.1 Å². The van der Waals surface area contributed by atoms with Crippen LogP contribution in [0, 0.1) is 0 Å². The Bertz CT molecular complexity index is 1600. The van der Waals surface area contributed by atoms with Gasteiger partial charge in [0.15, 0.2) is 6.10 Å². The van der Waals surface area contributed by atoms with Crippen LogP contribution in [-0.4, -0.2) is 83.9 Å². The third-order valence-electron chi connectivity index (χ3n) is 8.05. The first-order chi connectivity index (χ1) is 22.8. The van der Waals surface area contributed by atoms with Crippen molar-refractivity contribution in [2.24, 2.45) is 0 Å². The number of hydrogen-bond acceptors (Lipinski definition) is 12. The molecule has 1 aliphatic carbocycles. The van der Waals surface area contributed by atoms with Gasteiger partial charge in [0.1, 0.15) is 35.3 Å². The summed E-state index contributed by atoms with van der Waals surface area (Å²) in [6, 6.07) is 10.7. The van der Waals surface area contributed by atoms with Crippen molar-refractivity contribution < 1.29 is 58.1 Å². The second kappa shape index (κ2) is 13.8. The molecule has 5 N–H and O–H groups in total. The van der Waals surface area contributed by atoms with Crippen LogP contribution in [0.4, 0.5) is 8.78 Å². The minimum absolute atomic E-state index is 0.0262. The lowest BCUT2D eigenvalue weighted by Gasteiger charge is -2.39. The average molecular weight is 689 g/mol. The number of alkyl halides is 2. The number of carbonyl (C=O) groups is 1. The van der Waals surface area contributed by atoms with E-state index in [1.54, 1.807) is 59.0 Å². The van der Waals surface area contributed by atoms with Crippen molar-refractivity contribution in [2.75, 3.05) is 0 Å². The largest absolute Gasteiger partial charge is 0.490 e. The number of benzene rings is 1. The fourth-order valence-electron chi connectivity index (χ4n) is 5.32. The Morgan fingerprint density at radius 3 is 2.14 bits per heavy atom. The maximum absolute atomic E-state index is 14.1. The number of carbonyl (C=O) groups excluding carboxylic acids is 1. The number of hydrogen-bond donors (Lipinski definition) is 5. The Labute approximate surface area is 282 Å². The molecule has 1 saturated heterocycles. The molecule has 0 amide bonds. The second-order valence-corrected chi connectivity index (χ2v) is 14.0. The van der Waals surface area contributed by atoms with Crippen LogP contribution in [0.1, 0.15) is 81.3 Å². The molecule has 266 valence electrons. The van der Waals surface area contributed by atoms with Crippen molar-refractivity contribution >= 4 is 5.97 Å². The summed E-state index contributed by atoms with van der Waals surface area (Å²) in [6.07, 6.45) is -7.97. The van der Waals surface area contributed by atoms with Gasteiger partial charge in [0.2, 0.25) is 12.2 Å². The van der Waals surface area contributed by atoms with Crippen LogP contribution in [-0.2, 0) is 32.4 Å².